The molecule has 1 saturated heterocycles. The van der Waals surface area contributed by atoms with Crippen molar-refractivity contribution in [2.24, 2.45) is 0 Å². The van der Waals surface area contributed by atoms with Crippen LogP contribution < -0.4 is 0 Å². The molecule has 1 aromatic rings. The van der Waals surface area contributed by atoms with Gasteiger partial charge in [0, 0.05) is 19.2 Å². The molecule has 2 N–H and O–H groups in total. The fourth-order valence-electron chi connectivity index (χ4n) is 1.79. The standard InChI is InChI=1S/C13H15NO3/c15-11-8-14(9-12(11)16)13(17)7-6-10-4-2-1-3-5-10/h1-7,11-12,15-16H,8-9H2/b7-6+/t11-,12-/m0/s1. The number of hydrogen-bond acceptors (Lipinski definition) is 3. The molecule has 2 atom stereocenters. The largest absolute Gasteiger partial charge is 0.388 e. The number of β-amino-alcohol motifs (C(OH)–C–C–N with tert-alkyl or cyclic N) is 2. The molecular formula is C13H15NO3. The number of benzene rings is 1. The van der Waals surface area contributed by atoms with Crippen molar-refractivity contribution in [3.05, 3.63) is 42.0 Å². The number of hydrogen-bond donors (Lipinski definition) is 2. The van der Waals surface area contributed by atoms with Crippen molar-refractivity contribution in [3.8, 4) is 0 Å². The minimum absolute atomic E-state index is 0.190. The SMILES string of the molecule is O=C(/C=C/c1ccccc1)N1C[C@H](O)[C@@H](O)C1. The Labute approximate surface area is 99.8 Å². The van der Waals surface area contributed by atoms with E-state index < -0.39 is 12.2 Å². The van der Waals surface area contributed by atoms with Gasteiger partial charge in [0.05, 0.1) is 12.2 Å². The van der Waals surface area contributed by atoms with E-state index in [9.17, 15) is 15.0 Å². The normalized spacial score (nSPS) is 24.5. The van der Waals surface area contributed by atoms with Gasteiger partial charge in [-0.25, -0.2) is 0 Å². The quantitative estimate of drug-likeness (QED) is 0.720. The van der Waals surface area contributed by atoms with Crippen LogP contribution in [-0.4, -0.2) is 46.3 Å². The Balaban J connectivity index is 1.96. The first kappa shape index (κ1) is 11.8. The molecule has 1 fully saturated rings. The molecule has 0 aliphatic carbocycles. The number of likely N-dealkylation sites (tertiary alicyclic amines) is 1. The Morgan fingerprint density at radius 2 is 1.76 bits per heavy atom. The molecule has 1 aliphatic heterocycles. The van der Waals surface area contributed by atoms with Gasteiger partial charge in [-0.3, -0.25) is 4.79 Å². The Morgan fingerprint density at radius 3 is 2.35 bits per heavy atom. The zero-order valence-corrected chi connectivity index (χ0v) is 9.36. The maximum absolute atomic E-state index is 11.7. The number of aliphatic hydroxyl groups is 2. The molecule has 0 radical (unpaired) electrons. The van der Waals surface area contributed by atoms with E-state index >= 15 is 0 Å². The molecule has 4 nitrogen and oxygen atoms in total. The van der Waals surface area contributed by atoms with Gasteiger partial charge in [-0.2, -0.15) is 0 Å². The van der Waals surface area contributed by atoms with Gasteiger partial charge < -0.3 is 15.1 Å². The molecule has 0 saturated carbocycles. The number of aliphatic hydroxyl groups excluding tert-OH is 2. The van der Waals surface area contributed by atoms with E-state index in [0.29, 0.717) is 0 Å². The second-order valence-electron chi connectivity index (χ2n) is 4.12. The van der Waals surface area contributed by atoms with Crippen LogP contribution in [0.2, 0.25) is 0 Å². The maximum atomic E-state index is 11.7. The summed E-state index contributed by atoms with van der Waals surface area (Å²) in [7, 11) is 0. The van der Waals surface area contributed by atoms with Gasteiger partial charge in [0.25, 0.3) is 0 Å². The third-order valence-corrected chi connectivity index (χ3v) is 2.79. The lowest BCUT2D eigenvalue weighted by molar-refractivity contribution is -0.125. The molecule has 90 valence electrons. The fourth-order valence-corrected chi connectivity index (χ4v) is 1.79. The summed E-state index contributed by atoms with van der Waals surface area (Å²) in [6, 6.07) is 9.50. The summed E-state index contributed by atoms with van der Waals surface area (Å²) in [6.45, 7) is 0.387. The average Bonchev–Trinajstić information content (AvgIpc) is 2.68. The number of nitrogens with zero attached hydrogens (tertiary/aromatic N) is 1. The Hall–Kier alpha value is -1.65. The predicted octanol–water partition coefficient (Wildman–Crippen LogP) is 0.264. The Morgan fingerprint density at radius 1 is 1.18 bits per heavy atom. The highest BCUT2D eigenvalue weighted by Gasteiger charge is 2.31. The molecule has 1 aromatic carbocycles. The van der Waals surface area contributed by atoms with Crippen molar-refractivity contribution in [1.82, 2.24) is 4.90 Å². The fraction of sp³-hybridized carbons (Fsp3) is 0.308. The van der Waals surface area contributed by atoms with E-state index in [2.05, 4.69) is 0 Å². The summed E-state index contributed by atoms with van der Waals surface area (Å²) in [5, 5.41) is 18.7. The van der Waals surface area contributed by atoms with Gasteiger partial charge in [-0.05, 0) is 11.6 Å². The van der Waals surface area contributed by atoms with Gasteiger partial charge in [0.1, 0.15) is 0 Å². The van der Waals surface area contributed by atoms with Crippen molar-refractivity contribution in [2.75, 3.05) is 13.1 Å². The summed E-state index contributed by atoms with van der Waals surface area (Å²) < 4.78 is 0. The molecule has 0 spiro atoms. The van der Waals surface area contributed by atoms with Gasteiger partial charge in [0.2, 0.25) is 5.91 Å². The van der Waals surface area contributed by atoms with E-state index in [1.54, 1.807) is 6.08 Å². The second kappa shape index (κ2) is 5.12. The van der Waals surface area contributed by atoms with Gasteiger partial charge in [-0.1, -0.05) is 30.3 Å². The van der Waals surface area contributed by atoms with Crippen molar-refractivity contribution in [3.63, 3.8) is 0 Å². The van der Waals surface area contributed by atoms with Crippen LogP contribution in [0.4, 0.5) is 0 Å². The summed E-state index contributed by atoms with van der Waals surface area (Å²) in [5.74, 6) is -0.190. The van der Waals surface area contributed by atoms with Crippen LogP contribution in [0.1, 0.15) is 5.56 Å². The molecule has 2 rings (SSSR count). The van der Waals surface area contributed by atoms with Gasteiger partial charge in [-0.15, -0.1) is 0 Å². The van der Waals surface area contributed by atoms with E-state index in [4.69, 9.17) is 0 Å². The number of carbonyl (C=O) groups is 1. The molecule has 17 heavy (non-hydrogen) atoms. The van der Waals surface area contributed by atoms with Crippen LogP contribution in [0.3, 0.4) is 0 Å². The van der Waals surface area contributed by atoms with Crippen LogP contribution in [0.15, 0.2) is 36.4 Å². The smallest absolute Gasteiger partial charge is 0.246 e. The minimum atomic E-state index is -0.830. The van der Waals surface area contributed by atoms with Crippen LogP contribution in [-0.2, 0) is 4.79 Å². The van der Waals surface area contributed by atoms with Crippen LogP contribution in [0, 0.1) is 0 Å². The summed E-state index contributed by atoms with van der Waals surface area (Å²) >= 11 is 0. The van der Waals surface area contributed by atoms with Crippen LogP contribution >= 0.6 is 0 Å². The Bertz CT molecular complexity index is 406. The third kappa shape index (κ3) is 2.93. The number of rotatable bonds is 2. The summed E-state index contributed by atoms with van der Waals surface area (Å²) in [6.07, 6.45) is 1.52. The highest BCUT2D eigenvalue weighted by atomic mass is 16.3. The topological polar surface area (TPSA) is 60.8 Å². The second-order valence-corrected chi connectivity index (χ2v) is 4.12. The predicted molar refractivity (Wildman–Crippen MR) is 64.1 cm³/mol. The highest BCUT2D eigenvalue weighted by Crippen LogP contribution is 2.11. The Kier molecular flexibility index (Phi) is 3.56. The third-order valence-electron chi connectivity index (χ3n) is 2.79. The molecule has 1 amide bonds. The lowest BCUT2D eigenvalue weighted by atomic mass is 10.2. The molecule has 0 unspecified atom stereocenters. The van der Waals surface area contributed by atoms with Crippen molar-refractivity contribution < 1.29 is 15.0 Å². The van der Waals surface area contributed by atoms with Crippen molar-refractivity contribution in [1.29, 1.82) is 0 Å². The zero-order valence-electron chi connectivity index (χ0n) is 9.36. The molecular weight excluding hydrogens is 218 g/mol. The molecule has 4 heteroatoms. The molecule has 0 aromatic heterocycles. The molecule has 1 heterocycles. The first-order chi connectivity index (χ1) is 8.16. The maximum Gasteiger partial charge on any atom is 0.246 e. The lowest BCUT2D eigenvalue weighted by Gasteiger charge is -2.11. The first-order valence-corrected chi connectivity index (χ1v) is 5.55. The van der Waals surface area contributed by atoms with Gasteiger partial charge >= 0.3 is 0 Å². The average molecular weight is 233 g/mol. The van der Waals surface area contributed by atoms with E-state index in [1.165, 1.54) is 11.0 Å². The lowest BCUT2D eigenvalue weighted by Crippen LogP contribution is -2.27. The first-order valence-electron chi connectivity index (χ1n) is 5.55. The van der Waals surface area contributed by atoms with Crippen molar-refractivity contribution in [2.45, 2.75) is 12.2 Å². The van der Waals surface area contributed by atoms with Crippen LogP contribution in [0.25, 0.3) is 6.08 Å². The van der Waals surface area contributed by atoms with E-state index in [0.717, 1.165) is 5.56 Å². The molecule has 1 aliphatic rings. The van der Waals surface area contributed by atoms with E-state index in [1.807, 2.05) is 30.3 Å². The molecule has 0 bridgehead atoms. The highest BCUT2D eigenvalue weighted by molar-refractivity contribution is 5.92. The van der Waals surface area contributed by atoms with Crippen molar-refractivity contribution >= 4 is 12.0 Å². The monoisotopic (exact) mass is 233 g/mol. The zero-order chi connectivity index (χ0) is 12.3. The van der Waals surface area contributed by atoms with Gasteiger partial charge in [0.15, 0.2) is 0 Å². The summed E-state index contributed by atoms with van der Waals surface area (Å²) in [5.41, 5.74) is 0.946. The van der Waals surface area contributed by atoms with E-state index in [-0.39, 0.29) is 19.0 Å². The minimum Gasteiger partial charge on any atom is -0.388 e. The number of amides is 1. The van der Waals surface area contributed by atoms with Crippen LogP contribution in [0.5, 0.6) is 0 Å². The summed E-state index contributed by atoms with van der Waals surface area (Å²) in [4.78, 5) is 13.2. The number of carbonyl (C=O) groups excluding carboxylic acids is 1.